The maximum absolute atomic E-state index is 12.8. The Hall–Kier alpha value is -3.12. The van der Waals surface area contributed by atoms with Crippen molar-refractivity contribution in [1.82, 2.24) is 10.6 Å². The number of nitrogens with one attached hydrogen (secondary N) is 2. The van der Waals surface area contributed by atoms with Crippen LogP contribution in [-0.2, 0) is 6.54 Å². The quantitative estimate of drug-likeness (QED) is 0.633. The molecule has 0 aliphatic carbocycles. The highest BCUT2D eigenvalue weighted by atomic mass is 19.1. The van der Waals surface area contributed by atoms with Crippen LogP contribution in [0.3, 0.4) is 0 Å². The maximum atomic E-state index is 12.8. The second kappa shape index (κ2) is 8.31. The van der Waals surface area contributed by atoms with Crippen LogP contribution >= 0.6 is 0 Å². The molecule has 2 aromatic carbocycles. The highest BCUT2D eigenvalue weighted by molar-refractivity contribution is 5.73. The lowest BCUT2D eigenvalue weighted by Crippen LogP contribution is -2.37. The fourth-order valence-electron chi connectivity index (χ4n) is 2.47. The number of aliphatic hydroxyl groups excluding tert-OH is 1. The molecule has 2 amide bonds. The molecule has 6 heteroatoms. The summed E-state index contributed by atoms with van der Waals surface area (Å²) in [4.78, 5) is 11.8. The van der Waals surface area contributed by atoms with Gasteiger partial charge in [-0.25, -0.2) is 9.18 Å². The Kier molecular flexibility index (Phi) is 5.66. The molecule has 0 fully saturated rings. The molecule has 1 unspecified atom stereocenters. The Morgan fingerprint density at radius 2 is 1.77 bits per heavy atom. The van der Waals surface area contributed by atoms with Crippen LogP contribution in [0, 0.1) is 5.82 Å². The molecular weight excluding hydrogens is 335 g/mol. The molecule has 26 heavy (non-hydrogen) atoms. The second-order valence-electron chi connectivity index (χ2n) is 5.81. The predicted molar refractivity (Wildman–Crippen MR) is 95.7 cm³/mol. The fourth-order valence-corrected chi connectivity index (χ4v) is 2.47. The zero-order valence-electron chi connectivity index (χ0n) is 14.0. The number of halogens is 1. The van der Waals surface area contributed by atoms with Crippen LogP contribution in [0.5, 0.6) is 0 Å². The van der Waals surface area contributed by atoms with Gasteiger partial charge in [0.05, 0.1) is 12.4 Å². The molecule has 134 valence electrons. The van der Waals surface area contributed by atoms with Crippen LogP contribution < -0.4 is 10.6 Å². The molecule has 3 aromatic rings. The van der Waals surface area contributed by atoms with Crippen molar-refractivity contribution in [1.29, 1.82) is 0 Å². The van der Waals surface area contributed by atoms with Crippen molar-refractivity contribution in [3.63, 3.8) is 0 Å². The largest absolute Gasteiger partial charge is 0.464 e. The maximum Gasteiger partial charge on any atom is 0.315 e. The minimum atomic E-state index is -0.822. The molecule has 3 N–H and O–H groups in total. The first-order valence-corrected chi connectivity index (χ1v) is 8.20. The third-order valence-corrected chi connectivity index (χ3v) is 3.92. The Labute approximate surface area is 150 Å². The van der Waals surface area contributed by atoms with Gasteiger partial charge in [0.2, 0.25) is 0 Å². The van der Waals surface area contributed by atoms with Crippen LogP contribution in [0.4, 0.5) is 9.18 Å². The van der Waals surface area contributed by atoms with E-state index in [0.29, 0.717) is 5.56 Å². The number of rotatable bonds is 6. The fraction of sp³-hybridized carbons (Fsp3) is 0.150. The average molecular weight is 354 g/mol. The molecule has 0 radical (unpaired) electrons. The van der Waals surface area contributed by atoms with E-state index in [1.807, 2.05) is 24.3 Å². The van der Waals surface area contributed by atoms with E-state index in [2.05, 4.69) is 10.6 Å². The molecule has 0 saturated heterocycles. The molecule has 1 atom stereocenters. The molecule has 1 aromatic heterocycles. The summed E-state index contributed by atoms with van der Waals surface area (Å²) in [5.74, 6) is 0.434. The van der Waals surface area contributed by atoms with Gasteiger partial charge in [-0.3, -0.25) is 0 Å². The van der Waals surface area contributed by atoms with E-state index < -0.39 is 12.1 Å². The van der Waals surface area contributed by atoms with Crippen molar-refractivity contribution in [2.24, 2.45) is 0 Å². The first-order chi connectivity index (χ1) is 12.6. The SMILES string of the molecule is O=C(NCc1ccc(F)cc1)NCC(O)c1ccc(-c2ccco2)cc1. The molecule has 3 rings (SSSR count). The molecule has 5 nitrogen and oxygen atoms in total. The Morgan fingerprint density at radius 1 is 1.04 bits per heavy atom. The first-order valence-electron chi connectivity index (χ1n) is 8.20. The van der Waals surface area contributed by atoms with E-state index in [1.165, 1.54) is 12.1 Å². The number of benzene rings is 2. The topological polar surface area (TPSA) is 74.5 Å². The number of carbonyl (C=O) groups is 1. The van der Waals surface area contributed by atoms with E-state index in [4.69, 9.17) is 4.42 Å². The number of urea groups is 1. The number of aliphatic hydroxyl groups is 1. The molecule has 0 aliphatic heterocycles. The van der Waals surface area contributed by atoms with Gasteiger partial charge in [-0.1, -0.05) is 36.4 Å². The number of hydrogen-bond acceptors (Lipinski definition) is 3. The summed E-state index contributed by atoms with van der Waals surface area (Å²) < 4.78 is 18.1. The Morgan fingerprint density at radius 3 is 2.42 bits per heavy atom. The minimum absolute atomic E-state index is 0.0787. The first kappa shape index (κ1) is 17.7. The van der Waals surface area contributed by atoms with Gasteiger partial charge < -0.3 is 20.2 Å². The lowest BCUT2D eigenvalue weighted by Gasteiger charge is -2.13. The average Bonchev–Trinajstić information content (AvgIpc) is 3.20. The summed E-state index contributed by atoms with van der Waals surface area (Å²) in [5, 5.41) is 15.5. The van der Waals surface area contributed by atoms with Crippen LogP contribution in [0.25, 0.3) is 11.3 Å². The number of hydrogen-bond donors (Lipinski definition) is 3. The summed E-state index contributed by atoms with van der Waals surface area (Å²) in [5.41, 5.74) is 2.39. The van der Waals surface area contributed by atoms with Crippen molar-refractivity contribution in [3.05, 3.63) is 83.9 Å². The van der Waals surface area contributed by atoms with Crippen molar-refractivity contribution in [2.75, 3.05) is 6.54 Å². The lowest BCUT2D eigenvalue weighted by molar-refractivity contribution is 0.173. The van der Waals surface area contributed by atoms with Gasteiger partial charge >= 0.3 is 6.03 Å². The lowest BCUT2D eigenvalue weighted by atomic mass is 10.1. The standard InChI is InChI=1S/C20H19FN2O3/c21-17-9-3-14(4-10-17)12-22-20(25)23-13-18(24)15-5-7-16(8-6-15)19-2-1-11-26-19/h1-11,18,24H,12-13H2,(H2,22,23,25). The zero-order chi connectivity index (χ0) is 18.4. The van der Waals surface area contributed by atoms with E-state index in [9.17, 15) is 14.3 Å². The van der Waals surface area contributed by atoms with Gasteiger partial charge in [-0.05, 0) is 35.4 Å². The third-order valence-electron chi connectivity index (χ3n) is 3.92. The van der Waals surface area contributed by atoms with Crippen LogP contribution in [0.1, 0.15) is 17.2 Å². The number of amides is 2. The highest BCUT2D eigenvalue weighted by Crippen LogP contribution is 2.22. The van der Waals surface area contributed by atoms with E-state index >= 15 is 0 Å². The van der Waals surface area contributed by atoms with Crippen molar-refractivity contribution in [3.8, 4) is 11.3 Å². The molecule has 0 aliphatic rings. The summed E-state index contributed by atoms with van der Waals surface area (Å²) >= 11 is 0. The van der Waals surface area contributed by atoms with E-state index in [-0.39, 0.29) is 18.9 Å². The van der Waals surface area contributed by atoms with E-state index in [0.717, 1.165) is 16.9 Å². The van der Waals surface area contributed by atoms with E-state index in [1.54, 1.807) is 30.5 Å². The summed E-state index contributed by atoms with van der Waals surface area (Å²) in [6.07, 6.45) is 0.782. The Balaban J connectivity index is 1.46. The molecule has 1 heterocycles. The van der Waals surface area contributed by atoms with Crippen LogP contribution in [-0.4, -0.2) is 17.7 Å². The summed E-state index contributed by atoms with van der Waals surface area (Å²) in [6.45, 7) is 0.357. The summed E-state index contributed by atoms with van der Waals surface area (Å²) in [7, 11) is 0. The van der Waals surface area contributed by atoms with Gasteiger partial charge in [0.1, 0.15) is 11.6 Å². The van der Waals surface area contributed by atoms with Gasteiger partial charge in [-0.2, -0.15) is 0 Å². The van der Waals surface area contributed by atoms with Crippen molar-refractivity contribution < 1.29 is 18.7 Å². The normalized spacial score (nSPS) is 11.8. The number of furan rings is 1. The summed E-state index contributed by atoms with van der Waals surface area (Å²) in [6, 6.07) is 16.4. The second-order valence-corrected chi connectivity index (χ2v) is 5.81. The van der Waals surface area contributed by atoms with Gasteiger partial charge in [0.15, 0.2) is 0 Å². The van der Waals surface area contributed by atoms with Crippen molar-refractivity contribution in [2.45, 2.75) is 12.6 Å². The smallest absolute Gasteiger partial charge is 0.315 e. The predicted octanol–water partition coefficient (Wildman–Crippen LogP) is 3.62. The van der Waals surface area contributed by atoms with Gasteiger partial charge in [0.25, 0.3) is 0 Å². The van der Waals surface area contributed by atoms with Crippen LogP contribution in [0.2, 0.25) is 0 Å². The molecule has 0 bridgehead atoms. The molecular formula is C20H19FN2O3. The molecule has 0 saturated carbocycles. The number of carbonyl (C=O) groups excluding carboxylic acids is 1. The van der Waals surface area contributed by atoms with Crippen molar-refractivity contribution >= 4 is 6.03 Å². The zero-order valence-corrected chi connectivity index (χ0v) is 14.0. The van der Waals surface area contributed by atoms with Gasteiger partial charge in [0, 0.05) is 18.7 Å². The highest BCUT2D eigenvalue weighted by Gasteiger charge is 2.10. The molecule has 0 spiro atoms. The minimum Gasteiger partial charge on any atom is -0.464 e. The third kappa shape index (κ3) is 4.70. The Bertz CT molecular complexity index is 831. The van der Waals surface area contributed by atoms with Gasteiger partial charge in [-0.15, -0.1) is 0 Å². The van der Waals surface area contributed by atoms with Crippen LogP contribution in [0.15, 0.2) is 71.3 Å². The monoisotopic (exact) mass is 354 g/mol.